The average Bonchev–Trinajstić information content (AvgIpc) is 3.14. The lowest BCUT2D eigenvalue weighted by molar-refractivity contribution is 0.0997. The third kappa shape index (κ3) is 6.95. The minimum Gasteiger partial charge on any atom is -0.316 e. The van der Waals surface area contributed by atoms with Crippen LogP contribution < -0.4 is 4.80 Å². The van der Waals surface area contributed by atoms with Crippen LogP contribution in [-0.2, 0) is 26.4 Å². The Morgan fingerprint density at radius 2 is 1.51 bits per heavy atom. The molecule has 0 unspecified atom stereocenters. The number of carbonyl (C=O) groups is 1. The predicted molar refractivity (Wildman–Crippen MR) is 148 cm³/mol. The molecule has 0 bridgehead atoms. The average molecular weight is 566 g/mol. The largest absolute Gasteiger partial charge is 0.316 e. The molecular weight excluding hydrogens is 531 g/mol. The number of nitrogens with zero attached hydrogens (tertiary/aromatic N) is 3. The van der Waals surface area contributed by atoms with Crippen LogP contribution >= 0.6 is 11.3 Å². The highest BCUT2D eigenvalue weighted by Gasteiger charge is 2.26. The third-order valence-corrected chi connectivity index (χ3v) is 9.60. The molecule has 0 aliphatic heterocycles. The number of hydrogen-bond acceptors (Lipinski definition) is 6. The number of sulfonamides is 1. The van der Waals surface area contributed by atoms with Gasteiger partial charge in [-0.25, -0.2) is 16.8 Å². The van der Waals surface area contributed by atoms with Crippen LogP contribution in [0.2, 0.25) is 0 Å². The van der Waals surface area contributed by atoms with E-state index in [0.717, 1.165) is 22.9 Å². The second-order valence-electron chi connectivity index (χ2n) is 9.99. The van der Waals surface area contributed by atoms with Crippen LogP contribution in [0.15, 0.2) is 57.2 Å². The molecule has 0 N–H and O–H groups in total. The Morgan fingerprint density at radius 3 is 2.03 bits per heavy atom. The van der Waals surface area contributed by atoms with E-state index in [2.05, 4.69) is 4.99 Å². The third-order valence-electron chi connectivity index (χ3n) is 5.60. The van der Waals surface area contributed by atoms with Crippen LogP contribution in [0.3, 0.4) is 0 Å². The minimum atomic E-state index is -3.70. The second-order valence-corrected chi connectivity index (χ2v) is 15.0. The highest BCUT2D eigenvalue weighted by Crippen LogP contribution is 2.23. The molecule has 202 valence electrons. The molecule has 0 radical (unpaired) electrons. The van der Waals surface area contributed by atoms with Crippen molar-refractivity contribution in [2.24, 2.45) is 16.8 Å². The quantitative estimate of drug-likeness (QED) is 0.358. The van der Waals surface area contributed by atoms with Crippen LogP contribution in [0.4, 0.5) is 0 Å². The van der Waals surface area contributed by atoms with Gasteiger partial charge in [0.2, 0.25) is 10.0 Å². The molecule has 2 aromatic carbocycles. The highest BCUT2D eigenvalue weighted by molar-refractivity contribution is 7.90. The molecule has 3 aromatic rings. The standard InChI is InChI=1S/C26H35N3O5S3/c1-7-14-29-23-13-12-22(36(6,31)32)15-24(23)35-26(29)27-25(30)20-8-10-21(11-9-20)37(33,34)28(16-18(2)3)17-19(4)5/h8-13,15,18-19H,7,14,16-17H2,1-6H3. The monoisotopic (exact) mass is 565 g/mol. The van der Waals surface area contributed by atoms with Gasteiger partial charge in [-0.05, 0) is 60.7 Å². The van der Waals surface area contributed by atoms with Crippen molar-refractivity contribution in [1.82, 2.24) is 8.87 Å². The molecule has 1 heterocycles. The molecule has 0 saturated heterocycles. The molecule has 0 aliphatic carbocycles. The van der Waals surface area contributed by atoms with Gasteiger partial charge in [0.05, 0.1) is 20.0 Å². The number of rotatable bonds is 10. The van der Waals surface area contributed by atoms with Gasteiger partial charge in [0.25, 0.3) is 5.91 Å². The molecule has 1 amide bonds. The molecule has 8 nitrogen and oxygen atoms in total. The maximum absolute atomic E-state index is 13.3. The highest BCUT2D eigenvalue weighted by atomic mass is 32.2. The zero-order valence-corrected chi connectivity index (χ0v) is 24.6. The molecule has 1 aromatic heterocycles. The van der Waals surface area contributed by atoms with Gasteiger partial charge >= 0.3 is 0 Å². The van der Waals surface area contributed by atoms with Crippen molar-refractivity contribution in [3.05, 3.63) is 52.8 Å². The summed E-state index contributed by atoms with van der Waals surface area (Å²) < 4.78 is 54.6. The fourth-order valence-electron chi connectivity index (χ4n) is 3.96. The lowest BCUT2D eigenvalue weighted by atomic mass is 10.2. The van der Waals surface area contributed by atoms with Crippen molar-refractivity contribution in [3.63, 3.8) is 0 Å². The number of aromatic nitrogens is 1. The Hall–Kier alpha value is -2.34. The Bertz CT molecular complexity index is 1540. The molecule has 0 aliphatic rings. The van der Waals surface area contributed by atoms with Crippen molar-refractivity contribution >= 4 is 47.3 Å². The van der Waals surface area contributed by atoms with Crippen molar-refractivity contribution in [2.45, 2.75) is 57.4 Å². The molecule has 0 atom stereocenters. The summed E-state index contributed by atoms with van der Waals surface area (Å²) in [5.74, 6) is -0.138. The van der Waals surface area contributed by atoms with E-state index in [9.17, 15) is 21.6 Å². The molecule has 0 fully saturated rings. The summed E-state index contributed by atoms with van der Waals surface area (Å²) in [5.41, 5.74) is 1.08. The number of aryl methyl sites for hydroxylation is 1. The number of sulfone groups is 1. The summed E-state index contributed by atoms with van der Waals surface area (Å²) >= 11 is 1.25. The zero-order valence-electron chi connectivity index (χ0n) is 22.1. The van der Waals surface area contributed by atoms with E-state index in [1.807, 2.05) is 39.2 Å². The maximum atomic E-state index is 13.3. The van der Waals surface area contributed by atoms with Gasteiger partial charge in [-0.3, -0.25) is 4.79 Å². The van der Waals surface area contributed by atoms with Crippen molar-refractivity contribution < 1.29 is 21.6 Å². The first-order chi connectivity index (χ1) is 17.2. The Labute approximate surface area is 223 Å². The molecule has 0 spiro atoms. The normalized spacial score (nSPS) is 13.4. The maximum Gasteiger partial charge on any atom is 0.279 e. The van der Waals surface area contributed by atoms with Crippen molar-refractivity contribution in [1.29, 1.82) is 0 Å². The lowest BCUT2D eigenvalue weighted by Crippen LogP contribution is -2.37. The minimum absolute atomic E-state index is 0.140. The van der Waals surface area contributed by atoms with E-state index in [1.165, 1.54) is 39.9 Å². The Balaban J connectivity index is 1.98. The van der Waals surface area contributed by atoms with Crippen molar-refractivity contribution in [3.8, 4) is 0 Å². The van der Waals surface area contributed by atoms with E-state index in [4.69, 9.17) is 0 Å². The Kier molecular flexibility index (Phi) is 9.15. The van der Waals surface area contributed by atoms with Crippen molar-refractivity contribution in [2.75, 3.05) is 19.3 Å². The van der Waals surface area contributed by atoms with Gasteiger partial charge in [-0.2, -0.15) is 9.30 Å². The summed E-state index contributed by atoms with van der Waals surface area (Å²) in [6, 6.07) is 10.8. The lowest BCUT2D eigenvalue weighted by Gasteiger charge is -2.25. The van der Waals surface area contributed by atoms with Crippen LogP contribution in [-0.4, -0.2) is 51.0 Å². The van der Waals surface area contributed by atoms with Gasteiger partial charge in [-0.1, -0.05) is 46.0 Å². The fourth-order valence-corrected chi connectivity index (χ4v) is 7.55. The second kappa shape index (κ2) is 11.6. The molecular formula is C26H35N3O5S3. The van der Waals surface area contributed by atoms with Gasteiger partial charge in [0.1, 0.15) is 0 Å². The van der Waals surface area contributed by atoms with Crippen LogP contribution in [0, 0.1) is 11.8 Å². The Morgan fingerprint density at radius 1 is 0.946 bits per heavy atom. The number of benzene rings is 2. The van der Waals surface area contributed by atoms with Crippen LogP contribution in [0.1, 0.15) is 51.4 Å². The first kappa shape index (κ1) is 29.2. The fraction of sp³-hybridized carbons (Fsp3) is 0.462. The summed E-state index contributed by atoms with van der Waals surface area (Å²) in [5, 5.41) is 0. The topological polar surface area (TPSA) is 106 Å². The zero-order chi connectivity index (χ0) is 27.5. The number of amides is 1. The van der Waals surface area contributed by atoms with Gasteiger partial charge in [-0.15, -0.1) is 0 Å². The van der Waals surface area contributed by atoms with Gasteiger partial charge < -0.3 is 4.57 Å². The number of carbonyl (C=O) groups excluding carboxylic acids is 1. The number of thiazole rings is 1. The van der Waals surface area contributed by atoms with E-state index in [0.29, 0.717) is 24.4 Å². The summed E-state index contributed by atoms with van der Waals surface area (Å²) in [6.07, 6.45) is 1.96. The smallest absolute Gasteiger partial charge is 0.279 e. The van der Waals surface area contributed by atoms with E-state index in [-0.39, 0.29) is 27.2 Å². The van der Waals surface area contributed by atoms with Gasteiger partial charge in [0.15, 0.2) is 14.6 Å². The molecule has 11 heteroatoms. The molecule has 37 heavy (non-hydrogen) atoms. The van der Waals surface area contributed by atoms with Crippen LogP contribution in [0.25, 0.3) is 10.2 Å². The van der Waals surface area contributed by atoms with Gasteiger partial charge in [0, 0.05) is 31.5 Å². The first-order valence-corrected chi connectivity index (χ1v) is 16.4. The van der Waals surface area contributed by atoms with Crippen LogP contribution in [0.5, 0.6) is 0 Å². The SMILES string of the molecule is CCCn1c(=NC(=O)c2ccc(S(=O)(=O)N(CC(C)C)CC(C)C)cc2)sc2cc(S(C)(=O)=O)ccc21. The summed E-state index contributed by atoms with van der Waals surface area (Å²) in [6.45, 7) is 11.4. The predicted octanol–water partition coefficient (Wildman–Crippen LogP) is 4.56. The first-order valence-electron chi connectivity index (χ1n) is 12.3. The number of hydrogen-bond donors (Lipinski definition) is 0. The molecule has 3 rings (SSSR count). The van der Waals surface area contributed by atoms with E-state index >= 15 is 0 Å². The van der Waals surface area contributed by atoms with E-state index in [1.54, 1.807) is 18.2 Å². The summed E-state index contributed by atoms with van der Waals surface area (Å²) in [7, 11) is -7.06. The van der Waals surface area contributed by atoms with E-state index < -0.39 is 25.8 Å². The summed E-state index contributed by atoms with van der Waals surface area (Å²) in [4.78, 5) is 18.2. The molecule has 0 saturated carbocycles. The number of fused-ring (bicyclic) bond motifs is 1.